The van der Waals surface area contributed by atoms with Gasteiger partial charge in [-0.1, -0.05) is 18.2 Å². The first-order valence-corrected chi connectivity index (χ1v) is 13.5. The summed E-state index contributed by atoms with van der Waals surface area (Å²) in [6.45, 7) is 0. The molecule has 5 rings (SSSR count). The summed E-state index contributed by atoms with van der Waals surface area (Å²) in [6, 6.07) is 13.9. The zero-order valence-electron chi connectivity index (χ0n) is 20.4. The minimum Gasteiger partial charge on any atom is -0.398 e. The summed E-state index contributed by atoms with van der Waals surface area (Å²) >= 11 is 0. The number of hydrogen-bond donors (Lipinski definition) is 5. The maximum Gasteiger partial charge on any atom is 0.201 e. The number of anilines is 2. The number of nitrogens with zero attached hydrogens (tertiary/aromatic N) is 1. The van der Waals surface area contributed by atoms with E-state index in [4.69, 9.17) is 11.1 Å². The summed E-state index contributed by atoms with van der Waals surface area (Å²) in [6.07, 6.45) is 5.32. The van der Waals surface area contributed by atoms with Gasteiger partial charge in [-0.15, -0.1) is 0 Å². The van der Waals surface area contributed by atoms with E-state index < -0.39 is 39.3 Å². The Morgan fingerprint density at radius 2 is 1.90 bits per heavy atom. The van der Waals surface area contributed by atoms with Crippen LogP contribution >= 0.6 is 10.5 Å². The molecular weight excluding hydrogens is 527 g/mol. The van der Waals surface area contributed by atoms with E-state index in [-0.39, 0.29) is 16.1 Å². The molecule has 0 fully saturated rings. The topological polar surface area (TPSA) is 128 Å². The maximum atomic E-state index is 15.6. The van der Waals surface area contributed by atoms with Gasteiger partial charge in [0, 0.05) is 57.5 Å². The van der Waals surface area contributed by atoms with Crippen molar-refractivity contribution in [3.8, 4) is 11.1 Å². The van der Waals surface area contributed by atoms with Gasteiger partial charge in [-0.2, -0.15) is 0 Å². The molecule has 39 heavy (non-hydrogen) atoms. The van der Waals surface area contributed by atoms with Gasteiger partial charge in [0.2, 0.25) is 5.78 Å². The average molecular weight is 550 g/mol. The molecule has 2 aromatic heterocycles. The van der Waals surface area contributed by atoms with Gasteiger partial charge in [-0.05, 0) is 58.5 Å². The van der Waals surface area contributed by atoms with Crippen LogP contribution in [-0.4, -0.2) is 32.8 Å². The highest BCUT2D eigenvalue weighted by Gasteiger charge is 2.27. The largest absolute Gasteiger partial charge is 0.398 e. The molecule has 0 aliphatic heterocycles. The molecule has 198 valence electrons. The third-order valence-corrected chi connectivity index (χ3v) is 8.04. The lowest BCUT2D eigenvalue weighted by Crippen LogP contribution is -2.14. The van der Waals surface area contributed by atoms with Crippen LogP contribution in [0.2, 0.25) is 0 Å². The van der Waals surface area contributed by atoms with Gasteiger partial charge < -0.3 is 25.4 Å². The molecule has 6 N–H and O–H groups in total. The van der Waals surface area contributed by atoms with Crippen LogP contribution in [0.1, 0.15) is 21.5 Å². The molecule has 11 heteroatoms. The average Bonchev–Trinajstić information content (AvgIpc) is 3.33. The van der Waals surface area contributed by atoms with Gasteiger partial charge in [-0.25, -0.2) is 18.2 Å². The number of ketones is 1. The summed E-state index contributed by atoms with van der Waals surface area (Å²) in [7, 11) is -2.96. The number of carbonyl (C=O) groups excluding carboxylic acids is 1. The van der Waals surface area contributed by atoms with Crippen LogP contribution in [0.3, 0.4) is 0 Å². The Kier molecular flexibility index (Phi) is 6.62. The lowest BCUT2D eigenvalue weighted by atomic mass is 9.97. The van der Waals surface area contributed by atoms with Gasteiger partial charge in [0.15, 0.2) is 5.82 Å². The van der Waals surface area contributed by atoms with E-state index in [1.807, 2.05) is 0 Å². The number of nitrogens with two attached hydrogens (primary N) is 1. The Labute approximate surface area is 222 Å². The summed E-state index contributed by atoms with van der Waals surface area (Å²) in [4.78, 5) is 20.9. The van der Waals surface area contributed by atoms with Crippen LogP contribution in [0, 0.1) is 22.9 Å². The van der Waals surface area contributed by atoms with Crippen molar-refractivity contribution in [3.05, 3.63) is 107 Å². The summed E-state index contributed by atoms with van der Waals surface area (Å²) in [5.41, 5.74) is 7.13. The van der Waals surface area contributed by atoms with Crippen molar-refractivity contribution in [2.24, 2.45) is 0 Å². The number of H-pyrrole nitrogens is 1. The highest BCUT2D eigenvalue weighted by atomic mass is 32.3. The van der Waals surface area contributed by atoms with Gasteiger partial charge in [0.1, 0.15) is 17.3 Å². The van der Waals surface area contributed by atoms with E-state index in [0.29, 0.717) is 33.4 Å². The smallest absolute Gasteiger partial charge is 0.201 e. The number of pyridine rings is 1. The second-order valence-corrected chi connectivity index (χ2v) is 11.2. The molecule has 0 saturated carbocycles. The number of aromatic nitrogens is 2. The Morgan fingerprint density at radius 1 is 1.13 bits per heavy atom. The SMILES string of the molecule is CS(O)(Nc1ccc(F)c(C(=O)c2c[nH]c3ncc(-c4cccc(N)c4C=N)cc23)c1F)c1cccc(F)c1. The summed E-state index contributed by atoms with van der Waals surface area (Å²) in [5, 5.41) is 8.03. The molecule has 0 spiro atoms. The van der Waals surface area contributed by atoms with Crippen LogP contribution in [0.4, 0.5) is 24.5 Å². The molecule has 1 atom stereocenters. The van der Waals surface area contributed by atoms with Crippen LogP contribution in [0.5, 0.6) is 0 Å². The van der Waals surface area contributed by atoms with Crippen LogP contribution in [0.15, 0.2) is 78.0 Å². The molecule has 0 amide bonds. The van der Waals surface area contributed by atoms with Gasteiger partial charge in [0.25, 0.3) is 0 Å². The zero-order chi connectivity index (χ0) is 27.9. The van der Waals surface area contributed by atoms with Crippen LogP contribution < -0.4 is 10.5 Å². The lowest BCUT2D eigenvalue weighted by molar-refractivity contribution is 0.103. The Bertz CT molecular complexity index is 1770. The molecule has 1 unspecified atom stereocenters. The quantitative estimate of drug-likeness (QED) is 0.0872. The summed E-state index contributed by atoms with van der Waals surface area (Å²) < 4.78 is 57.8. The Balaban J connectivity index is 1.56. The molecule has 7 nitrogen and oxygen atoms in total. The normalized spacial score (nSPS) is 13.6. The first-order chi connectivity index (χ1) is 18.6. The van der Waals surface area contributed by atoms with E-state index in [0.717, 1.165) is 24.4 Å². The zero-order valence-corrected chi connectivity index (χ0v) is 21.2. The first-order valence-electron chi connectivity index (χ1n) is 11.5. The molecule has 0 aliphatic rings. The van der Waals surface area contributed by atoms with Gasteiger partial charge in [0.05, 0.1) is 11.3 Å². The molecule has 0 bridgehead atoms. The molecular formula is C28H22F3N5O2S. The van der Waals surface area contributed by atoms with Crippen molar-refractivity contribution >= 4 is 44.9 Å². The number of nitrogens with one attached hydrogen (secondary N) is 3. The van der Waals surface area contributed by atoms with Crippen molar-refractivity contribution in [1.29, 1.82) is 5.41 Å². The number of rotatable bonds is 7. The Morgan fingerprint density at radius 3 is 2.64 bits per heavy atom. The molecule has 0 saturated heterocycles. The van der Waals surface area contributed by atoms with Crippen molar-refractivity contribution in [1.82, 2.24) is 9.97 Å². The number of aromatic amines is 1. The van der Waals surface area contributed by atoms with E-state index in [9.17, 15) is 18.1 Å². The molecule has 0 radical (unpaired) electrons. The van der Waals surface area contributed by atoms with Gasteiger partial charge in [-0.3, -0.25) is 4.79 Å². The number of halogens is 3. The number of benzene rings is 3. The fourth-order valence-electron chi connectivity index (χ4n) is 4.30. The number of fused-ring (bicyclic) bond motifs is 1. The Hall–Kier alpha value is -4.61. The highest BCUT2D eigenvalue weighted by Crippen LogP contribution is 2.49. The number of carbonyl (C=O) groups is 1. The van der Waals surface area contributed by atoms with Gasteiger partial charge >= 0.3 is 0 Å². The predicted octanol–water partition coefficient (Wildman–Crippen LogP) is 6.75. The summed E-state index contributed by atoms with van der Waals surface area (Å²) in [5.74, 6) is -3.83. The maximum absolute atomic E-state index is 15.6. The van der Waals surface area contributed by atoms with Crippen molar-refractivity contribution in [3.63, 3.8) is 0 Å². The van der Waals surface area contributed by atoms with Crippen molar-refractivity contribution in [2.75, 3.05) is 16.7 Å². The van der Waals surface area contributed by atoms with E-state index >= 15 is 4.39 Å². The molecule has 3 aromatic carbocycles. The number of hydrogen-bond acceptors (Lipinski definition) is 6. The van der Waals surface area contributed by atoms with Crippen molar-refractivity contribution < 1.29 is 22.5 Å². The predicted molar refractivity (Wildman–Crippen MR) is 148 cm³/mol. The van der Waals surface area contributed by atoms with E-state index in [2.05, 4.69) is 14.7 Å². The van der Waals surface area contributed by atoms with Crippen LogP contribution in [0.25, 0.3) is 22.2 Å². The fraction of sp³-hybridized carbons (Fsp3) is 0.0357. The lowest BCUT2D eigenvalue weighted by Gasteiger charge is -2.32. The minimum absolute atomic E-state index is 0.0288. The first kappa shape index (κ1) is 26.0. The van der Waals surface area contributed by atoms with Crippen molar-refractivity contribution in [2.45, 2.75) is 4.90 Å². The third kappa shape index (κ3) is 4.73. The monoisotopic (exact) mass is 549 g/mol. The highest BCUT2D eigenvalue weighted by molar-refractivity contribution is 8.29. The standard InChI is InChI=1S/C28H22F3N5O2S/c1-39(38,17-5-2-4-16(29)11-17)36-24-9-8-22(30)25(26(24)31)27(37)21-14-35-28-19(21)10-15(13-34-28)18-6-3-7-23(33)20(18)12-32/h2-14,32,36,38H,33H2,1H3,(H,34,35). The third-order valence-electron chi connectivity index (χ3n) is 6.25. The molecule has 2 heterocycles. The second kappa shape index (κ2) is 9.93. The van der Waals surface area contributed by atoms with E-state index in [1.54, 1.807) is 24.3 Å². The minimum atomic E-state index is -2.96. The fourth-order valence-corrected chi connectivity index (χ4v) is 5.69. The second-order valence-electron chi connectivity index (χ2n) is 8.82. The van der Waals surface area contributed by atoms with Crippen LogP contribution in [-0.2, 0) is 0 Å². The molecule has 5 aromatic rings. The number of nitrogen functional groups attached to an aromatic ring is 1. The van der Waals surface area contributed by atoms with E-state index in [1.165, 1.54) is 36.8 Å². The molecule has 0 aliphatic carbocycles.